The first-order valence-electron chi connectivity index (χ1n) is 6.85. The van der Waals surface area contributed by atoms with Crippen LogP contribution in [0.15, 0.2) is 42.5 Å². The summed E-state index contributed by atoms with van der Waals surface area (Å²) in [5.74, 6) is 0.0468. The van der Waals surface area contributed by atoms with E-state index < -0.39 is 0 Å². The first-order chi connectivity index (χ1) is 9.58. The number of rotatable bonds is 1. The van der Waals surface area contributed by atoms with Gasteiger partial charge in [-0.2, -0.15) is 0 Å². The summed E-state index contributed by atoms with van der Waals surface area (Å²) < 4.78 is 0. The summed E-state index contributed by atoms with van der Waals surface area (Å²) in [5, 5.41) is 0. The quantitative estimate of drug-likeness (QED) is 0.806. The van der Waals surface area contributed by atoms with Gasteiger partial charge in [0.15, 0.2) is 0 Å². The zero-order valence-corrected chi connectivity index (χ0v) is 11.8. The summed E-state index contributed by atoms with van der Waals surface area (Å²) in [5.41, 5.74) is 10.4. The molecule has 0 aromatic heterocycles. The molecule has 3 heteroatoms. The number of hydrogen-bond acceptors (Lipinski definition) is 2. The van der Waals surface area contributed by atoms with Gasteiger partial charge in [0.2, 0.25) is 0 Å². The highest BCUT2D eigenvalue weighted by Gasteiger charge is 2.31. The van der Waals surface area contributed by atoms with E-state index >= 15 is 0 Å². The van der Waals surface area contributed by atoms with Crippen molar-refractivity contribution in [1.29, 1.82) is 0 Å². The van der Waals surface area contributed by atoms with Crippen LogP contribution in [0.1, 0.15) is 28.4 Å². The Morgan fingerprint density at radius 3 is 2.75 bits per heavy atom. The number of nitrogens with zero attached hydrogens (tertiary/aromatic N) is 1. The van der Waals surface area contributed by atoms with Gasteiger partial charge in [0, 0.05) is 23.0 Å². The summed E-state index contributed by atoms with van der Waals surface area (Å²) in [6.07, 6.45) is 0.913. The van der Waals surface area contributed by atoms with Gasteiger partial charge in [0.25, 0.3) is 5.91 Å². The first-order valence-corrected chi connectivity index (χ1v) is 6.85. The van der Waals surface area contributed by atoms with Gasteiger partial charge in [-0.1, -0.05) is 18.2 Å². The van der Waals surface area contributed by atoms with Crippen LogP contribution < -0.4 is 10.6 Å². The fourth-order valence-corrected chi connectivity index (χ4v) is 2.82. The van der Waals surface area contributed by atoms with Crippen LogP contribution in [0.4, 0.5) is 11.4 Å². The van der Waals surface area contributed by atoms with Crippen LogP contribution in [0.25, 0.3) is 0 Å². The number of carbonyl (C=O) groups excluding carboxylic acids is 1. The van der Waals surface area contributed by atoms with Crippen LogP contribution in [0, 0.1) is 6.92 Å². The van der Waals surface area contributed by atoms with Gasteiger partial charge in [0.1, 0.15) is 0 Å². The fraction of sp³-hybridized carbons (Fsp3) is 0.235. The molecule has 1 heterocycles. The largest absolute Gasteiger partial charge is 0.399 e. The number of fused-ring (bicyclic) bond motifs is 1. The molecule has 1 aliphatic heterocycles. The van der Waals surface area contributed by atoms with Crippen molar-refractivity contribution in [1.82, 2.24) is 0 Å². The lowest BCUT2D eigenvalue weighted by Gasteiger charge is -2.23. The lowest BCUT2D eigenvalue weighted by Crippen LogP contribution is -2.35. The molecule has 0 fully saturated rings. The van der Waals surface area contributed by atoms with Crippen LogP contribution in [-0.2, 0) is 6.42 Å². The molecule has 0 aliphatic carbocycles. The zero-order valence-electron chi connectivity index (χ0n) is 11.8. The third-order valence-corrected chi connectivity index (χ3v) is 3.94. The first kappa shape index (κ1) is 12.7. The average Bonchev–Trinajstić information content (AvgIpc) is 2.77. The molecule has 1 amide bonds. The number of anilines is 2. The van der Waals surface area contributed by atoms with Crippen molar-refractivity contribution in [2.45, 2.75) is 26.3 Å². The number of nitrogens with two attached hydrogens (primary N) is 1. The van der Waals surface area contributed by atoms with E-state index in [1.807, 2.05) is 36.1 Å². The number of para-hydroxylation sites is 1. The Balaban J connectivity index is 2.00. The Labute approximate surface area is 119 Å². The van der Waals surface area contributed by atoms with E-state index in [1.165, 1.54) is 5.56 Å². The van der Waals surface area contributed by atoms with Crippen molar-refractivity contribution < 1.29 is 4.79 Å². The summed E-state index contributed by atoms with van der Waals surface area (Å²) >= 11 is 0. The topological polar surface area (TPSA) is 46.3 Å². The van der Waals surface area contributed by atoms with Gasteiger partial charge < -0.3 is 10.6 Å². The van der Waals surface area contributed by atoms with E-state index in [0.29, 0.717) is 5.56 Å². The Hall–Kier alpha value is -2.29. The predicted octanol–water partition coefficient (Wildman–Crippen LogP) is 3.17. The molecule has 0 radical (unpaired) electrons. The lowest BCUT2D eigenvalue weighted by atomic mass is 10.1. The number of carbonyl (C=O) groups is 1. The van der Waals surface area contributed by atoms with Crippen LogP contribution in [0.3, 0.4) is 0 Å². The third-order valence-electron chi connectivity index (χ3n) is 3.94. The van der Waals surface area contributed by atoms with Crippen LogP contribution >= 0.6 is 0 Å². The highest BCUT2D eigenvalue weighted by atomic mass is 16.2. The molecule has 2 N–H and O–H groups in total. The van der Waals surface area contributed by atoms with E-state index in [4.69, 9.17) is 5.73 Å². The van der Waals surface area contributed by atoms with Gasteiger partial charge in [0.05, 0.1) is 0 Å². The molecule has 0 spiro atoms. The highest BCUT2D eigenvalue weighted by Crippen LogP contribution is 2.33. The normalized spacial score (nSPS) is 17.1. The number of hydrogen-bond donors (Lipinski definition) is 1. The molecule has 20 heavy (non-hydrogen) atoms. The monoisotopic (exact) mass is 266 g/mol. The second-order valence-electron chi connectivity index (χ2n) is 5.43. The standard InChI is InChI=1S/C17H18N2O/c1-11-9-14(7-8-15(11)18)17(20)19-12(2)10-13-5-3-4-6-16(13)19/h3-9,12H,10,18H2,1-2H3. The van der Waals surface area contributed by atoms with Crippen molar-refractivity contribution in [2.24, 2.45) is 0 Å². The summed E-state index contributed by atoms with van der Waals surface area (Å²) in [4.78, 5) is 14.7. The second-order valence-corrected chi connectivity index (χ2v) is 5.43. The van der Waals surface area contributed by atoms with Gasteiger partial charge in [-0.25, -0.2) is 0 Å². The Bertz CT molecular complexity index is 678. The maximum Gasteiger partial charge on any atom is 0.258 e. The minimum atomic E-state index is 0.0468. The lowest BCUT2D eigenvalue weighted by molar-refractivity contribution is 0.0981. The molecular weight excluding hydrogens is 248 g/mol. The van der Waals surface area contributed by atoms with E-state index in [0.717, 1.165) is 23.4 Å². The third kappa shape index (κ3) is 1.95. The van der Waals surface area contributed by atoms with Crippen molar-refractivity contribution >= 4 is 17.3 Å². The fourth-order valence-electron chi connectivity index (χ4n) is 2.82. The molecule has 0 saturated heterocycles. The van der Waals surface area contributed by atoms with Gasteiger partial charge in [-0.15, -0.1) is 0 Å². The zero-order chi connectivity index (χ0) is 14.3. The van der Waals surface area contributed by atoms with Crippen molar-refractivity contribution in [3.8, 4) is 0 Å². The van der Waals surface area contributed by atoms with Crippen molar-refractivity contribution in [2.75, 3.05) is 10.6 Å². The number of amides is 1. The van der Waals surface area contributed by atoms with Gasteiger partial charge in [-0.05, 0) is 55.7 Å². The molecule has 1 atom stereocenters. The molecule has 102 valence electrons. The Kier molecular flexibility index (Phi) is 2.97. The Morgan fingerprint density at radius 1 is 1.25 bits per heavy atom. The number of aryl methyl sites for hydroxylation is 1. The van der Waals surface area contributed by atoms with Crippen LogP contribution in [-0.4, -0.2) is 11.9 Å². The molecule has 1 aliphatic rings. The molecule has 0 bridgehead atoms. The molecule has 3 nitrogen and oxygen atoms in total. The molecular formula is C17H18N2O. The number of nitrogen functional groups attached to an aromatic ring is 1. The average molecular weight is 266 g/mol. The molecule has 2 aromatic carbocycles. The maximum absolute atomic E-state index is 12.8. The van der Waals surface area contributed by atoms with Crippen molar-refractivity contribution in [3.05, 3.63) is 59.2 Å². The van der Waals surface area contributed by atoms with Gasteiger partial charge in [-0.3, -0.25) is 4.79 Å². The second kappa shape index (κ2) is 4.67. The summed E-state index contributed by atoms with van der Waals surface area (Å²) in [6.45, 7) is 4.01. The minimum Gasteiger partial charge on any atom is -0.399 e. The minimum absolute atomic E-state index is 0.0468. The highest BCUT2D eigenvalue weighted by molar-refractivity contribution is 6.08. The SMILES string of the molecule is Cc1cc(C(=O)N2c3ccccc3CC2C)ccc1N. The summed E-state index contributed by atoms with van der Waals surface area (Å²) in [6, 6.07) is 13.8. The summed E-state index contributed by atoms with van der Waals surface area (Å²) in [7, 11) is 0. The van der Waals surface area contributed by atoms with Crippen molar-refractivity contribution in [3.63, 3.8) is 0 Å². The molecule has 3 rings (SSSR count). The number of benzene rings is 2. The van der Waals surface area contributed by atoms with Crippen LogP contribution in [0.5, 0.6) is 0 Å². The predicted molar refractivity (Wildman–Crippen MR) is 82.0 cm³/mol. The molecule has 2 aromatic rings. The molecule has 0 saturated carbocycles. The maximum atomic E-state index is 12.8. The van der Waals surface area contributed by atoms with Gasteiger partial charge >= 0.3 is 0 Å². The van der Waals surface area contributed by atoms with Crippen LogP contribution in [0.2, 0.25) is 0 Å². The Morgan fingerprint density at radius 2 is 2.00 bits per heavy atom. The molecule has 1 unspecified atom stereocenters. The van der Waals surface area contributed by atoms with E-state index in [2.05, 4.69) is 13.0 Å². The van der Waals surface area contributed by atoms with E-state index in [1.54, 1.807) is 12.1 Å². The van der Waals surface area contributed by atoms with E-state index in [9.17, 15) is 4.79 Å². The smallest absolute Gasteiger partial charge is 0.258 e. The van der Waals surface area contributed by atoms with E-state index in [-0.39, 0.29) is 11.9 Å².